The van der Waals surface area contributed by atoms with E-state index in [-0.39, 0.29) is 18.2 Å². The molecule has 1 aliphatic heterocycles. The molecule has 0 aromatic carbocycles. The highest BCUT2D eigenvalue weighted by Crippen LogP contribution is 2.10. The number of amides is 2. The second-order valence-electron chi connectivity index (χ2n) is 3.89. The van der Waals surface area contributed by atoms with Gasteiger partial charge in [0.2, 0.25) is 0 Å². The normalized spacial score (nSPS) is 27.5. The summed E-state index contributed by atoms with van der Waals surface area (Å²) < 4.78 is 5.55. The van der Waals surface area contributed by atoms with E-state index in [1.165, 1.54) is 0 Å². The lowest BCUT2D eigenvalue weighted by molar-refractivity contribution is -0.0544. The summed E-state index contributed by atoms with van der Waals surface area (Å²) in [5.74, 6) is 0. The zero-order valence-corrected chi connectivity index (χ0v) is 9.25. The average molecular weight is 200 g/mol. The average Bonchev–Trinajstić information content (AvgIpc) is 2.12. The Hall–Kier alpha value is -0.770. The Bertz CT molecular complexity index is 187. The van der Waals surface area contributed by atoms with E-state index >= 15 is 0 Å². The van der Waals surface area contributed by atoms with Crippen LogP contribution < -0.4 is 5.32 Å². The molecule has 0 aromatic heterocycles. The summed E-state index contributed by atoms with van der Waals surface area (Å²) in [4.78, 5) is 13.4. The molecule has 0 saturated carbocycles. The molecular formula is C10H20N2O2. The first-order valence-electron chi connectivity index (χ1n) is 5.31. The van der Waals surface area contributed by atoms with Crippen molar-refractivity contribution in [3.05, 3.63) is 0 Å². The van der Waals surface area contributed by atoms with Crippen LogP contribution in [0.2, 0.25) is 0 Å². The maximum atomic E-state index is 11.6. The third-order valence-electron chi connectivity index (χ3n) is 2.23. The number of hydrogen-bond acceptors (Lipinski definition) is 2. The van der Waals surface area contributed by atoms with Crippen LogP contribution in [0.5, 0.6) is 0 Å². The molecule has 0 radical (unpaired) electrons. The van der Waals surface area contributed by atoms with Gasteiger partial charge in [-0.25, -0.2) is 4.79 Å². The van der Waals surface area contributed by atoms with Gasteiger partial charge in [0, 0.05) is 19.6 Å². The van der Waals surface area contributed by atoms with Crippen molar-refractivity contribution in [3.8, 4) is 0 Å². The Kier molecular flexibility index (Phi) is 4.20. The molecule has 0 aromatic rings. The lowest BCUT2D eigenvalue weighted by atomic mass is 10.2. The van der Waals surface area contributed by atoms with E-state index in [9.17, 15) is 4.79 Å². The molecule has 0 aliphatic carbocycles. The first-order chi connectivity index (χ1) is 6.63. The van der Waals surface area contributed by atoms with E-state index in [4.69, 9.17) is 4.74 Å². The second-order valence-corrected chi connectivity index (χ2v) is 3.89. The number of urea groups is 1. The minimum absolute atomic E-state index is 0.0360. The van der Waals surface area contributed by atoms with E-state index < -0.39 is 0 Å². The topological polar surface area (TPSA) is 41.6 Å². The van der Waals surface area contributed by atoms with Gasteiger partial charge in [0.15, 0.2) is 0 Å². The SMILES string of the molecule is CCCNC(=O)N1C[C@@H](C)O[C@@H](C)C1. The third-order valence-corrected chi connectivity index (χ3v) is 2.23. The van der Waals surface area contributed by atoms with Crippen molar-refractivity contribution in [1.29, 1.82) is 0 Å². The number of nitrogens with one attached hydrogen (secondary N) is 1. The summed E-state index contributed by atoms with van der Waals surface area (Å²) in [6.07, 6.45) is 1.26. The Balaban J connectivity index is 2.38. The minimum atomic E-state index is 0.0360. The molecule has 1 fully saturated rings. The number of rotatable bonds is 2. The van der Waals surface area contributed by atoms with Crippen molar-refractivity contribution in [2.45, 2.75) is 39.4 Å². The number of carbonyl (C=O) groups excluding carboxylic acids is 1. The van der Waals surface area contributed by atoms with Crippen LogP contribution in [0, 0.1) is 0 Å². The van der Waals surface area contributed by atoms with Gasteiger partial charge in [0.25, 0.3) is 0 Å². The lowest BCUT2D eigenvalue weighted by Crippen LogP contribution is -2.51. The highest BCUT2D eigenvalue weighted by molar-refractivity contribution is 5.74. The number of morpholine rings is 1. The highest BCUT2D eigenvalue weighted by atomic mass is 16.5. The van der Waals surface area contributed by atoms with Gasteiger partial charge in [0.05, 0.1) is 12.2 Å². The summed E-state index contributed by atoms with van der Waals surface area (Å²) in [5.41, 5.74) is 0. The number of ether oxygens (including phenoxy) is 1. The van der Waals surface area contributed by atoms with Crippen LogP contribution in [0.25, 0.3) is 0 Å². The van der Waals surface area contributed by atoms with Gasteiger partial charge in [0.1, 0.15) is 0 Å². The summed E-state index contributed by atoms with van der Waals surface area (Å²) in [5, 5.41) is 2.87. The fourth-order valence-corrected chi connectivity index (χ4v) is 1.69. The van der Waals surface area contributed by atoms with E-state index in [1.54, 1.807) is 0 Å². The molecule has 14 heavy (non-hydrogen) atoms. The summed E-state index contributed by atoms with van der Waals surface area (Å²) in [6.45, 7) is 8.18. The number of nitrogens with zero attached hydrogens (tertiary/aromatic N) is 1. The second kappa shape index (κ2) is 5.20. The molecular weight excluding hydrogens is 180 g/mol. The van der Waals surface area contributed by atoms with E-state index in [0.29, 0.717) is 13.1 Å². The van der Waals surface area contributed by atoms with Crippen LogP contribution in [0.4, 0.5) is 4.79 Å². The standard InChI is InChI=1S/C10H20N2O2/c1-4-5-11-10(13)12-6-8(2)14-9(3)7-12/h8-9H,4-7H2,1-3H3,(H,11,13)/t8-,9+. The molecule has 4 heteroatoms. The summed E-state index contributed by atoms with van der Waals surface area (Å²) in [6, 6.07) is 0.0360. The predicted octanol–water partition coefficient (Wildman–Crippen LogP) is 1.22. The van der Waals surface area contributed by atoms with Gasteiger partial charge >= 0.3 is 6.03 Å². The molecule has 1 N–H and O–H groups in total. The number of carbonyl (C=O) groups is 1. The van der Waals surface area contributed by atoms with Gasteiger partial charge in [-0.1, -0.05) is 6.92 Å². The first-order valence-corrected chi connectivity index (χ1v) is 5.31. The van der Waals surface area contributed by atoms with Crippen LogP contribution in [0.15, 0.2) is 0 Å². The zero-order chi connectivity index (χ0) is 10.6. The Morgan fingerprint density at radius 2 is 2.00 bits per heavy atom. The highest BCUT2D eigenvalue weighted by Gasteiger charge is 2.25. The lowest BCUT2D eigenvalue weighted by Gasteiger charge is -2.35. The van der Waals surface area contributed by atoms with Crippen molar-refractivity contribution in [2.24, 2.45) is 0 Å². The van der Waals surface area contributed by atoms with Crippen molar-refractivity contribution in [3.63, 3.8) is 0 Å². The van der Waals surface area contributed by atoms with Crippen molar-refractivity contribution < 1.29 is 9.53 Å². The Labute approximate surface area is 85.6 Å². The molecule has 1 aliphatic rings. The molecule has 1 rings (SSSR count). The molecule has 2 atom stereocenters. The van der Waals surface area contributed by atoms with E-state index in [2.05, 4.69) is 5.32 Å². The number of hydrogen-bond donors (Lipinski definition) is 1. The Morgan fingerprint density at radius 3 is 2.50 bits per heavy atom. The quantitative estimate of drug-likeness (QED) is 0.728. The molecule has 1 heterocycles. The predicted molar refractivity (Wildman–Crippen MR) is 55.3 cm³/mol. The fraction of sp³-hybridized carbons (Fsp3) is 0.900. The van der Waals surface area contributed by atoms with Crippen molar-refractivity contribution >= 4 is 6.03 Å². The van der Waals surface area contributed by atoms with Crippen LogP contribution in [-0.4, -0.2) is 42.8 Å². The zero-order valence-electron chi connectivity index (χ0n) is 9.25. The van der Waals surface area contributed by atoms with Crippen LogP contribution in [0.3, 0.4) is 0 Å². The van der Waals surface area contributed by atoms with Crippen molar-refractivity contribution in [1.82, 2.24) is 10.2 Å². The van der Waals surface area contributed by atoms with Gasteiger partial charge in [-0.05, 0) is 20.3 Å². The molecule has 0 bridgehead atoms. The summed E-state index contributed by atoms with van der Waals surface area (Å²) >= 11 is 0. The molecule has 0 unspecified atom stereocenters. The first kappa shape index (κ1) is 11.3. The van der Waals surface area contributed by atoms with E-state index in [0.717, 1.165) is 13.0 Å². The van der Waals surface area contributed by atoms with Gasteiger partial charge < -0.3 is 15.0 Å². The Morgan fingerprint density at radius 1 is 1.43 bits per heavy atom. The molecule has 0 spiro atoms. The molecule has 2 amide bonds. The smallest absolute Gasteiger partial charge is 0.317 e. The van der Waals surface area contributed by atoms with Gasteiger partial charge in [-0.15, -0.1) is 0 Å². The summed E-state index contributed by atoms with van der Waals surface area (Å²) in [7, 11) is 0. The monoisotopic (exact) mass is 200 g/mol. The third kappa shape index (κ3) is 3.18. The van der Waals surface area contributed by atoms with Gasteiger partial charge in [-0.3, -0.25) is 0 Å². The minimum Gasteiger partial charge on any atom is -0.372 e. The maximum Gasteiger partial charge on any atom is 0.317 e. The van der Waals surface area contributed by atoms with Crippen molar-refractivity contribution in [2.75, 3.05) is 19.6 Å². The molecule has 1 saturated heterocycles. The maximum absolute atomic E-state index is 11.6. The largest absolute Gasteiger partial charge is 0.372 e. The molecule has 4 nitrogen and oxygen atoms in total. The van der Waals surface area contributed by atoms with E-state index in [1.807, 2.05) is 25.7 Å². The van der Waals surface area contributed by atoms with Gasteiger partial charge in [-0.2, -0.15) is 0 Å². The van der Waals surface area contributed by atoms with Crippen LogP contribution in [-0.2, 0) is 4.74 Å². The molecule has 82 valence electrons. The van der Waals surface area contributed by atoms with Crippen LogP contribution in [0.1, 0.15) is 27.2 Å². The van der Waals surface area contributed by atoms with Crippen LogP contribution >= 0.6 is 0 Å². The fourth-order valence-electron chi connectivity index (χ4n) is 1.69.